The molecule has 0 bridgehead atoms. The SMILES string of the molecule is O=C(c1cscn1)N1CCN(C2CN(C(=O)c3sc4cc(-c5ccccc5)ccc4c3C(F)(F)F)C2)CC1. The first kappa shape index (κ1) is 25.0. The van der Waals surface area contributed by atoms with Gasteiger partial charge >= 0.3 is 6.18 Å². The van der Waals surface area contributed by atoms with E-state index >= 15 is 0 Å². The number of rotatable bonds is 4. The summed E-state index contributed by atoms with van der Waals surface area (Å²) >= 11 is 2.29. The van der Waals surface area contributed by atoms with Crippen molar-refractivity contribution in [2.45, 2.75) is 12.2 Å². The molecule has 2 fully saturated rings. The molecule has 6 rings (SSSR count). The van der Waals surface area contributed by atoms with Crippen LogP contribution in [0.3, 0.4) is 0 Å². The lowest BCUT2D eigenvalue weighted by atomic mass is 10.0. The van der Waals surface area contributed by atoms with Crippen molar-refractivity contribution in [2.24, 2.45) is 0 Å². The number of halogens is 3. The number of alkyl halides is 3. The van der Waals surface area contributed by atoms with E-state index in [1.54, 1.807) is 27.9 Å². The van der Waals surface area contributed by atoms with Crippen molar-refractivity contribution in [2.75, 3.05) is 39.3 Å². The summed E-state index contributed by atoms with van der Waals surface area (Å²) in [7, 11) is 0. The zero-order chi connectivity index (χ0) is 26.4. The summed E-state index contributed by atoms with van der Waals surface area (Å²) in [5, 5.41) is 1.79. The smallest absolute Gasteiger partial charge is 0.335 e. The normalized spacial score (nSPS) is 17.1. The number of likely N-dealkylation sites (tertiary alicyclic amines) is 1. The molecule has 0 N–H and O–H groups in total. The number of piperazine rings is 1. The number of benzene rings is 2. The molecule has 4 aromatic rings. The summed E-state index contributed by atoms with van der Waals surface area (Å²) < 4.78 is 42.9. The Labute approximate surface area is 224 Å². The molecule has 4 heterocycles. The van der Waals surface area contributed by atoms with Crippen molar-refractivity contribution >= 4 is 44.6 Å². The molecule has 0 radical (unpaired) electrons. The van der Waals surface area contributed by atoms with Crippen LogP contribution >= 0.6 is 22.7 Å². The molecule has 2 saturated heterocycles. The molecular weight excluding hydrogens is 533 g/mol. The fourth-order valence-corrected chi connectivity index (χ4v) is 6.86. The highest BCUT2D eigenvalue weighted by atomic mass is 32.1. The number of thiazole rings is 1. The number of fused-ring (bicyclic) bond motifs is 1. The van der Waals surface area contributed by atoms with E-state index in [4.69, 9.17) is 0 Å². The standard InChI is InChI=1S/C27H23F3N4O2S2/c28-27(29,30)23-20-7-6-18(17-4-2-1-3-5-17)12-22(20)38-24(23)26(36)34-13-19(14-34)32-8-10-33(11-9-32)25(35)21-15-37-16-31-21/h1-7,12,15-16,19H,8-11,13-14H2. The van der Waals surface area contributed by atoms with Gasteiger partial charge in [-0.1, -0.05) is 42.5 Å². The third-order valence-electron chi connectivity index (χ3n) is 7.19. The van der Waals surface area contributed by atoms with Gasteiger partial charge < -0.3 is 9.80 Å². The molecule has 2 amide bonds. The maximum absolute atomic E-state index is 14.1. The minimum Gasteiger partial charge on any atom is -0.335 e. The van der Waals surface area contributed by atoms with Gasteiger partial charge in [-0.3, -0.25) is 14.5 Å². The highest BCUT2D eigenvalue weighted by molar-refractivity contribution is 7.21. The fraction of sp³-hybridized carbons (Fsp3) is 0.296. The van der Waals surface area contributed by atoms with Crippen LogP contribution < -0.4 is 0 Å². The second-order valence-corrected chi connectivity index (χ2v) is 11.2. The highest BCUT2D eigenvalue weighted by Crippen LogP contribution is 2.44. The Bertz CT molecular complexity index is 1470. The predicted molar refractivity (Wildman–Crippen MR) is 142 cm³/mol. The monoisotopic (exact) mass is 556 g/mol. The number of aromatic nitrogens is 1. The van der Waals surface area contributed by atoms with Crippen LogP contribution in [0, 0.1) is 0 Å². The van der Waals surface area contributed by atoms with Gasteiger partial charge in [0.15, 0.2) is 0 Å². The minimum absolute atomic E-state index is 0.0588. The van der Waals surface area contributed by atoms with Crippen LogP contribution in [-0.2, 0) is 6.18 Å². The highest BCUT2D eigenvalue weighted by Gasteiger charge is 2.43. The number of nitrogens with zero attached hydrogens (tertiary/aromatic N) is 4. The molecule has 0 saturated carbocycles. The van der Waals surface area contributed by atoms with E-state index in [-0.39, 0.29) is 22.2 Å². The molecule has 6 nitrogen and oxygen atoms in total. The Morgan fingerprint density at radius 1 is 0.895 bits per heavy atom. The first-order chi connectivity index (χ1) is 18.3. The van der Waals surface area contributed by atoms with Gasteiger partial charge in [0.2, 0.25) is 0 Å². The van der Waals surface area contributed by atoms with Crippen molar-refractivity contribution in [3.63, 3.8) is 0 Å². The number of carbonyl (C=O) groups excluding carboxylic acids is 2. The van der Waals surface area contributed by atoms with Gasteiger partial charge in [-0.15, -0.1) is 22.7 Å². The first-order valence-corrected chi connectivity index (χ1v) is 14.0. The van der Waals surface area contributed by atoms with Crippen LogP contribution in [0.2, 0.25) is 0 Å². The van der Waals surface area contributed by atoms with Gasteiger partial charge in [0.1, 0.15) is 10.6 Å². The van der Waals surface area contributed by atoms with Crippen molar-refractivity contribution in [1.82, 2.24) is 19.7 Å². The molecule has 11 heteroatoms. The van der Waals surface area contributed by atoms with Crippen LogP contribution in [0.1, 0.15) is 25.7 Å². The summed E-state index contributed by atoms with van der Waals surface area (Å²) in [5.41, 5.74) is 2.95. The topological polar surface area (TPSA) is 56.8 Å². The molecule has 38 heavy (non-hydrogen) atoms. The molecule has 0 spiro atoms. The third-order valence-corrected chi connectivity index (χ3v) is 8.92. The Hall–Kier alpha value is -3.28. The number of thiophene rings is 1. The lowest BCUT2D eigenvalue weighted by Crippen LogP contribution is -2.64. The van der Waals surface area contributed by atoms with Crippen molar-refractivity contribution in [3.05, 3.63) is 75.6 Å². The van der Waals surface area contributed by atoms with Crippen LogP contribution in [0.25, 0.3) is 21.2 Å². The molecule has 0 atom stereocenters. The second-order valence-electron chi connectivity index (χ2n) is 9.45. The summed E-state index contributed by atoms with van der Waals surface area (Å²) in [4.78, 5) is 35.1. The minimum atomic E-state index is -4.64. The maximum Gasteiger partial charge on any atom is 0.418 e. The summed E-state index contributed by atoms with van der Waals surface area (Å²) in [6, 6.07) is 14.4. The Balaban J connectivity index is 1.15. The predicted octanol–water partition coefficient (Wildman–Crippen LogP) is 5.33. The molecule has 2 aliphatic rings. The van der Waals surface area contributed by atoms with E-state index in [1.807, 2.05) is 30.3 Å². The largest absolute Gasteiger partial charge is 0.418 e. The average molecular weight is 557 g/mol. The summed E-state index contributed by atoms with van der Waals surface area (Å²) in [6.45, 7) is 3.17. The van der Waals surface area contributed by atoms with E-state index in [2.05, 4.69) is 9.88 Å². The molecular formula is C27H23F3N4O2S2. The van der Waals surface area contributed by atoms with Gasteiger partial charge in [0.25, 0.3) is 11.8 Å². The second kappa shape index (κ2) is 9.79. The van der Waals surface area contributed by atoms with E-state index in [0.717, 1.165) is 22.5 Å². The molecule has 2 aliphatic heterocycles. The van der Waals surface area contributed by atoms with Crippen molar-refractivity contribution < 1.29 is 22.8 Å². The van der Waals surface area contributed by atoms with Gasteiger partial charge in [-0.25, -0.2) is 4.98 Å². The van der Waals surface area contributed by atoms with Gasteiger partial charge in [0.05, 0.1) is 11.1 Å². The Morgan fingerprint density at radius 3 is 2.29 bits per heavy atom. The van der Waals surface area contributed by atoms with Gasteiger partial charge in [0, 0.05) is 60.8 Å². The fourth-order valence-electron chi connectivity index (χ4n) is 5.10. The van der Waals surface area contributed by atoms with E-state index < -0.39 is 17.6 Å². The number of hydrogen-bond donors (Lipinski definition) is 0. The first-order valence-electron chi connectivity index (χ1n) is 12.2. The molecule has 2 aromatic carbocycles. The maximum atomic E-state index is 14.1. The number of hydrogen-bond acceptors (Lipinski definition) is 6. The number of amides is 2. The van der Waals surface area contributed by atoms with E-state index in [1.165, 1.54) is 22.3 Å². The van der Waals surface area contributed by atoms with Crippen LogP contribution in [0.5, 0.6) is 0 Å². The molecule has 0 unspecified atom stereocenters. The van der Waals surface area contributed by atoms with Crippen molar-refractivity contribution in [1.29, 1.82) is 0 Å². The summed E-state index contributed by atoms with van der Waals surface area (Å²) in [6.07, 6.45) is -4.64. The molecule has 0 aliphatic carbocycles. The van der Waals surface area contributed by atoms with Crippen molar-refractivity contribution in [3.8, 4) is 11.1 Å². The Kier molecular flexibility index (Phi) is 6.45. The van der Waals surface area contributed by atoms with E-state index in [9.17, 15) is 22.8 Å². The van der Waals surface area contributed by atoms with E-state index in [0.29, 0.717) is 49.7 Å². The van der Waals surface area contributed by atoms with Crippen LogP contribution in [0.15, 0.2) is 59.4 Å². The third kappa shape index (κ3) is 4.59. The van der Waals surface area contributed by atoms with Gasteiger partial charge in [-0.05, 0) is 17.2 Å². The van der Waals surface area contributed by atoms with Crippen LogP contribution in [-0.4, -0.2) is 76.8 Å². The van der Waals surface area contributed by atoms with Crippen LogP contribution in [0.4, 0.5) is 13.2 Å². The molecule has 2 aromatic heterocycles. The lowest BCUT2D eigenvalue weighted by Gasteiger charge is -2.48. The zero-order valence-electron chi connectivity index (χ0n) is 20.1. The average Bonchev–Trinajstić information content (AvgIpc) is 3.56. The molecule has 196 valence electrons. The quantitative estimate of drug-likeness (QED) is 0.341. The zero-order valence-corrected chi connectivity index (χ0v) is 21.8. The number of carbonyl (C=O) groups is 2. The lowest BCUT2D eigenvalue weighted by molar-refractivity contribution is -0.136. The van der Waals surface area contributed by atoms with Gasteiger partial charge in [-0.2, -0.15) is 13.2 Å². The summed E-state index contributed by atoms with van der Waals surface area (Å²) in [5.74, 6) is -0.662. The Morgan fingerprint density at radius 2 is 1.63 bits per heavy atom.